The zero-order valence-corrected chi connectivity index (χ0v) is 13.7. The molecular formula is C16H28O6. The van der Waals surface area contributed by atoms with Gasteiger partial charge in [-0.2, -0.15) is 0 Å². The fraction of sp³-hybridized carbons (Fsp3) is 0.750. The molecule has 0 aliphatic carbocycles. The van der Waals surface area contributed by atoms with Crippen molar-refractivity contribution in [1.82, 2.24) is 0 Å². The fourth-order valence-electron chi connectivity index (χ4n) is 1.85. The lowest BCUT2D eigenvalue weighted by Gasteiger charge is -2.14. The number of hydrogen-bond acceptors (Lipinski definition) is 6. The fourth-order valence-corrected chi connectivity index (χ4v) is 1.85. The highest BCUT2D eigenvalue weighted by molar-refractivity contribution is 5.81. The number of allylic oxidation sites excluding steroid dienone is 1. The number of carbonyl (C=O) groups is 2. The van der Waals surface area contributed by atoms with Crippen LogP contribution < -0.4 is 0 Å². The molecule has 6 heteroatoms. The Morgan fingerprint density at radius 3 is 2.23 bits per heavy atom. The number of esters is 2. The van der Waals surface area contributed by atoms with Gasteiger partial charge in [0.1, 0.15) is 0 Å². The van der Waals surface area contributed by atoms with E-state index in [0.717, 1.165) is 25.7 Å². The topological polar surface area (TPSA) is 93.1 Å². The molecule has 0 spiro atoms. The van der Waals surface area contributed by atoms with E-state index in [-0.39, 0.29) is 6.42 Å². The van der Waals surface area contributed by atoms with Crippen molar-refractivity contribution in [2.75, 3.05) is 0 Å². The van der Waals surface area contributed by atoms with Gasteiger partial charge in [-0.25, -0.2) is 0 Å². The Morgan fingerprint density at radius 1 is 1.05 bits per heavy atom. The predicted octanol–water partition coefficient (Wildman–Crippen LogP) is 2.28. The number of carbonyl (C=O) groups excluding carboxylic acids is 2. The Balaban J connectivity index is 4.48. The van der Waals surface area contributed by atoms with Gasteiger partial charge in [-0.05, 0) is 26.7 Å². The Labute approximate surface area is 132 Å². The van der Waals surface area contributed by atoms with E-state index in [4.69, 9.17) is 14.9 Å². The average molecular weight is 316 g/mol. The molecule has 128 valence electrons. The van der Waals surface area contributed by atoms with E-state index in [9.17, 15) is 9.59 Å². The van der Waals surface area contributed by atoms with Crippen LogP contribution in [0.3, 0.4) is 0 Å². The molecular weight excluding hydrogens is 288 g/mol. The molecule has 22 heavy (non-hydrogen) atoms. The van der Waals surface area contributed by atoms with Gasteiger partial charge in [-0.3, -0.25) is 9.59 Å². The molecule has 0 fully saturated rings. The number of aliphatic hydroxyl groups is 2. The van der Waals surface area contributed by atoms with Gasteiger partial charge in [0.05, 0.1) is 12.3 Å². The lowest BCUT2D eigenvalue weighted by molar-refractivity contribution is -0.175. The first-order chi connectivity index (χ1) is 10.4. The first-order valence-corrected chi connectivity index (χ1v) is 7.79. The van der Waals surface area contributed by atoms with Crippen molar-refractivity contribution in [3.05, 3.63) is 12.2 Å². The van der Waals surface area contributed by atoms with E-state index >= 15 is 0 Å². The van der Waals surface area contributed by atoms with Gasteiger partial charge in [0.15, 0.2) is 12.6 Å². The van der Waals surface area contributed by atoms with E-state index < -0.39 is 30.4 Å². The van der Waals surface area contributed by atoms with E-state index in [2.05, 4.69) is 11.7 Å². The normalized spacial score (nSPS) is 15.3. The highest BCUT2D eigenvalue weighted by Gasteiger charge is 2.23. The van der Waals surface area contributed by atoms with Gasteiger partial charge >= 0.3 is 11.9 Å². The third-order valence-corrected chi connectivity index (χ3v) is 2.87. The second-order valence-electron chi connectivity index (χ2n) is 5.21. The Kier molecular flexibility index (Phi) is 11.4. The number of hydrogen-bond donors (Lipinski definition) is 2. The zero-order valence-electron chi connectivity index (χ0n) is 13.7. The SMILES string of the molecule is CCCCCC/C=C/C(CC(=O)OC(C)O)C(=O)OC(C)O. The van der Waals surface area contributed by atoms with Crippen LogP contribution in [0.2, 0.25) is 0 Å². The van der Waals surface area contributed by atoms with Crippen molar-refractivity contribution in [3.63, 3.8) is 0 Å². The predicted molar refractivity (Wildman–Crippen MR) is 81.6 cm³/mol. The summed E-state index contributed by atoms with van der Waals surface area (Å²) in [4.78, 5) is 23.4. The van der Waals surface area contributed by atoms with Gasteiger partial charge < -0.3 is 19.7 Å². The van der Waals surface area contributed by atoms with Gasteiger partial charge in [-0.15, -0.1) is 0 Å². The van der Waals surface area contributed by atoms with Crippen LogP contribution in [0.4, 0.5) is 0 Å². The highest BCUT2D eigenvalue weighted by atomic mass is 16.6. The van der Waals surface area contributed by atoms with Crippen LogP contribution in [0.1, 0.15) is 59.3 Å². The van der Waals surface area contributed by atoms with E-state index in [0.29, 0.717) is 0 Å². The molecule has 0 radical (unpaired) electrons. The first-order valence-electron chi connectivity index (χ1n) is 7.79. The van der Waals surface area contributed by atoms with E-state index in [1.54, 1.807) is 6.08 Å². The van der Waals surface area contributed by atoms with Crippen LogP contribution in [-0.2, 0) is 19.1 Å². The Hall–Kier alpha value is -1.40. The van der Waals surface area contributed by atoms with Crippen LogP contribution in [0, 0.1) is 5.92 Å². The van der Waals surface area contributed by atoms with Crippen LogP contribution >= 0.6 is 0 Å². The molecule has 0 bridgehead atoms. The molecule has 0 amide bonds. The molecule has 0 aliphatic rings. The van der Waals surface area contributed by atoms with Crippen molar-refractivity contribution < 1.29 is 29.3 Å². The maximum Gasteiger partial charge on any atom is 0.315 e. The van der Waals surface area contributed by atoms with Crippen LogP contribution in [-0.4, -0.2) is 34.7 Å². The smallest absolute Gasteiger partial charge is 0.315 e. The van der Waals surface area contributed by atoms with Crippen LogP contribution in [0.25, 0.3) is 0 Å². The summed E-state index contributed by atoms with van der Waals surface area (Å²) in [5.41, 5.74) is 0. The van der Waals surface area contributed by atoms with Crippen LogP contribution in [0.15, 0.2) is 12.2 Å². The van der Waals surface area contributed by atoms with Crippen LogP contribution in [0.5, 0.6) is 0 Å². The molecule has 3 unspecified atom stereocenters. The minimum atomic E-state index is -1.24. The molecule has 0 aromatic heterocycles. The van der Waals surface area contributed by atoms with Gasteiger partial charge in [0.2, 0.25) is 0 Å². The summed E-state index contributed by atoms with van der Waals surface area (Å²) in [7, 11) is 0. The summed E-state index contributed by atoms with van der Waals surface area (Å²) in [5, 5.41) is 18.1. The highest BCUT2D eigenvalue weighted by Crippen LogP contribution is 2.13. The van der Waals surface area contributed by atoms with Crippen molar-refractivity contribution >= 4 is 11.9 Å². The summed E-state index contributed by atoms with van der Waals surface area (Å²) in [5.74, 6) is -2.22. The number of unbranched alkanes of at least 4 members (excludes halogenated alkanes) is 4. The molecule has 0 aromatic carbocycles. The van der Waals surface area contributed by atoms with E-state index in [1.807, 2.05) is 6.08 Å². The van der Waals surface area contributed by atoms with Gasteiger partial charge in [0.25, 0.3) is 0 Å². The summed E-state index contributed by atoms with van der Waals surface area (Å²) in [6, 6.07) is 0. The molecule has 6 nitrogen and oxygen atoms in total. The summed E-state index contributed by atoms with van der Waals surface area (Å²) in [6.45, 7) is 4.76. The van der Waals surface area contributed by atoms with Gasteiger partial charge in [-0.1, -0.05) is 38.3 Å². The maximum atomic E-state index is 11.8. The number of ether oxygens (including phenoxy) is 2. The molecule has 0 aliphatic heterocycles. The molecule has 0 saturated carbocycles. The third-order valence-electron chi connectivity index (χ3n) is 2.87. The average Bonchev–Trinajstić information content (AvgIpc) is 2.39. The third kappa shape index (κ3) is 11.3. The van der Waals surface area contributed by atoms with Crippen molar-refractivity contribution in [2.24, 2.45) is 5.92 Å². The summed E-state index contributed by atoms with van der Waals surface area (Å²) < 4.78 is 9.32. The standard InChI is InChI=1S/C16H28O6/c1-4-5-6-7-8-9-10-14(16(20)22-13(3)18)11-15(19)21-12(2)17/h9-10,12-14,17-18H,4-8,11H2,1-3H3/b10-9+. The second-order valence-corrected chi connectivity index (χ2v) is 5.21. The lowest BCUT2D eigenvalue weighted by Crippen LogP contribution is -2.25. The number of aliphatic hydroxyl groups excluding tert-OH is 2. The molecule has 3 atom stereocenters. The van der Waals surface area contributed by atoms with Crippen molar-refractivity contribution in [2.45, 2.75) is 71.9 Å². The molecule has 0 aromatic rings. The number of rotatable bonds is 11. The van der Waals surface area contributed by atoms with Gasteiger partial charge in [0, 0.05) is 0 Å². The molecule has 2 N–H and O–H groups in total. The minimum Gasteiger partial charge on any atom is -0.436 e. The Morgan fingerprint density at radius 2 is 1.68 bits per heavy atom. The second kappa shape index (κ2) is 12.2. The summed E-state index contributed by atoms with van der Waals surface area (Å²) in [6.07, 6.45) is 6.00. The quantitative estimate of drug-likeness (QED) is 0.263. The van der Waals surface area contributed by atoms with Crippen molar-refractivity contribution in [3.8, 4) is 0 Å². The maximum absolute atomic E-state index is 11.8. The lowest BCUT2D eigenvalue weighted by atomic mass is 10.0. The molecule has 0 saturated heterocycles. The monoisotopic (exact) mass is 316 g/mol. The zero-order chi connectivity index (χ0) is 17.0. The molecule has 0 heterocycles. The Bertz CT molecular complexity index is 349. The first kappa shape index (κ1) is 20.6. The minimum absolute atomic E-state index is 0.234. The molecule has 0 rings (SSSR count). The summed E-state index contributed by atoms with van der Waals surface area (Å²) >= 11 is 0. The largest absolute Gasteiger partial charge is 0.436 e. The van der Waals surface area contributed by atoms with E-state index in [1.165, 1.54) is 20.3 Å². The van der Waals surface area contributed by atoms with Crippen molar-refractivity contribution in [1.29, 1.82) is 0 Å².